The Hall–Kier alpha value is 0.177. The fourth-order valence-electron chi connectivity index (χ4n) is 2.17. The molecule has 0 aliphatic rings. The summed E-state index contributed by atoms with van der Waals surface area (Å²) >= 11 is 0. The van der Waals surface area contributed by atoms with Gasteiger partial charge in [0, 0.05) is 6.10 Å². The van der Waals surface area contributed by atoms with Crippen LogP contribution in [0.4, 0.5) is 0 Å². The van der Waals surface area contributed by atoms with Gasteiger partial charge < -0.3 is 4.43 Å². The average molecular weight is 259 g/mol. The smallest absolute Gasteiger partial charge is 0.184 e. The number of unbranched alkanes of at least 4 members (excludes halogenated alkanes) is 5. The van der Waals surface area contributed by atoms with Crippen molar-refractivity contribution < 1.29 is 4.43 Å². The van der Waals surface area contributed by atoms with Crippen molar-refractivity contribution in [3.8, 4) is 0 Å². The highest BCUT2D eigenvalue weighted by atomic mass is 28.4. The molecule has 0 aromatic heterocycles. The molecule has 1 nitrogen and oxygen atoms in total. The van der Waals surface area contributed by atoms with Crippen LogP contribution < -0.4 is 0 Å². The minimum atomic E-state index is -1.35. The summed E-state index contributed by atoms with van der Waals surface area (Å²) in [5.41, 5.74) is 0. The first-order valence-corrected chi connectivity index (χ1v) is 11.1. The Morgan fingerprint density at radius 2 is 1.29 bits per heavy atom. The van der Waals surface area contributed by atoms with Gasteiger partial charge in [-0.3, -0.25) is 0 Å². The summed E-state index contributed by atoms with van der Waals surface area (Å²) in [6.07, 6.45) is 12.6. The Bertz CT molecular complexity index is 163. The van der Waals surface area contributed by atoms with Crippen molar-refractivity contribution >= 4 is 8.32 Å². The molecule has 0 bridgehead atoms. The molecule has 0 fully saturated rings. The molecular weight excluding hydrogens is 224 g/mol. The van der Waals surface area contributed by atoms with Crippen molar-refractivity contribution in [3.05, 3.63) is 0 Å². The average Bonchev–Trinajstić information content (AvgIpc) is 2.23. The molecule has 0 spiro atoms. The van der Waals surface area contributed by atoms with Gasteiger partial charge in [0.1, 0.15) is 0 Å². The van der Waals surface area contributed by atoms with Crippen LogP contribution in [0.5, 0.6) is 0 Å². The molecule has 17 heavy (non-hydrogen) atoms. The molecule has 0 saturated heterocycles. The molecule has 0 aliphatic carbocycles. The lowest BCUT2D eigenvalue weighted by Gasteiger charge is -2.26. The summed E-state index contributed by atoms with van der Waals surface area (Å²) < 4.78 is 6.29. The monoisotopic (exact) mass is 258 g/mol. The van der Waals surface area contributed by atoms with Gasteiger partial charge in [-0.25, -0.2) is 0 Å². The first kappa shape index (κ1) is 17.2. The maximum atomic E-state index is 6.29. The molecule has 1 unspecified atom stereocenters. The van der Waals surface area contributed by atoms with E-state index >= 15 is 0 Å². The SMILES string of the molecule is CCCCCCCC(CCCC)O[Si](C)(C)C. The molecule has 2 heteroatoms. The minimum Gasteiger partial charge on any atom is -0.415 e. The number of hydrogen-bond donors (Lipinski definition) is 0. The summed E-state index contributed by atoms with van der Waals surface area (Å²) in [4.78, 5) is 0. The number of rotatable bonds is 11. The predicted molar refractivity (Wildman–Crippen MR) is 81.1 cm³/mol. The lowest BCUT2D eigenvalue weighted by Crippen LogP contribution is -2.32. The van der Waals surface area contributed by atoms with Crippen molar-refractivity contribution in [2.24, 2.45) is 0 Å². The van der Waals surface area contributed by atoms with E-state index in [1.54, 1.807) is 0 Å². The van der Waals surface area contributed by atoms with Gasteiger partial charge in [-0.1, -0.05) is 58.8 Å². The third-order valence-electron chi connectivity index (χ3n) is 3.03. The van der Waals surface area contributed by atoms with E-state index in [0.29, 0.717) is 6.10 Å². The van der Waals surface area contributed by atoms with E-state index in [-0.39, 0.29) is 0 Å². The van der Waals surface area contributed by atoms with E-state index in [1.807, 2.05) is 0 Å². The van der Waals surface area contributed by atoms with Crippen molar-refractivity contribution in [2.75, 3.05) is 0 Å². The first-order valence-electron chi connectivity index (χ1n) is 7.67. The zero-order valence-corrected chi connectivity index (χ0v) is 13.8. The number of hydrogen-bond acceptors (Lipinski definition) is 1. The standard InChI is InChI=1S/C15H34OSi/c1-6-8-10-11-12-14-15(13-9-7-2)16-17(3,4)5/h15H,6-14H2,1-5H3. The molecule has 104 valence electrons. The minimum absolute atomic E-state index is 0.545. The lowest BCUT2D eigenvalue weighted by atomic mass is 10.0. The van der Waals surface area contributed by atoms with Gasteiger partial charge in [-0.2, -0.15) is 0 Å². The summed E-state index contributed by atoms with van der Waals surface area (Å²) in [7, 11) is -1.35. The van der Waals surface area contributed by atoms with Crippen LogP contribution in [0, 0.1) is 0 Å². The van der Waals surface area contributed by atoms with E-state index in [1.165, 1.54) is 57.8 Å². The molecule has 0 radical (unpaired) electrons. The second-order valence-electron chi connectivity index (χ2n) is 6.20. The molecule has 1 atom stereocenters. The van der Waals surface area contributed by atoms with Crippen LogP contribution in [-0.4, -0.2) is 14.4 Å². The van der Waals surface area contributed by atoms with Crippen LogP contribution >= 0.6 is 0 Å². The third kappa shape index (κ3) is 12.4. The Balaban J connectivity index is 3.77. The first-order chi connectivity index (χ1) is 7.99. The van der Waals surface area contributed by atoms with Crippen molar-refractivity contribution in [3.63, 3.8) is 0 Å². The normalized spacial score (nSPS) is 13.9. The molecular formula is C15H34OSi. The molecule has 0 N–H and O–H groups in total. The second-order valence-corrected chi connectivity index (χ2v) is 10.7. The van der Waals surface area contributed by atoms with Gasteiger partial charge in [-0.05, 0) is 32.5 Å². The van der Waals surface area contributed by atoms with Crippen LogP contribution in [0.2, 0.25) is 19.6 Å². The Kier molecular flexibility index (Phi) is 10.2. The van der Waals surface area contributed by atoms with Crippen LogP contribution in [-0.2, 0) is 4.43 Å². The van der Waals surface area contributed by atoms with E-state index < -0.39 is 8.32 Å². The Labute approximate surface area is 110 Å². The molecule has 0 heterocycles. The third-order valence-corrected chi connectivity index (χ3v) is 4.07. The van der Waals surface area contributed by atoms with E-state index in [0.717, 1.165) is 0 Å². The van der Waals surface area contributed by atoms with Gasteiger partial charge in [0.2, 0.25) is 0 Å². The summed E-state index contributed by atoms with van der Waals surface area (Å²) in [6.45, 7) is 11.5. The molecule has 0 aliphatic heterocycles. The fourth-order valence-corrected chi connectivity index (χ4v) is 3.41. The topological polar surface area (TPSA) is 9.23 Å². The highest BCUT2D eigenvalue weighted by Crippen LogP contribution is 2.18. The maximum absolute atomic E-state index is 6.29. The van der Waals surface area contributed by atoms with Gasteiger partial charge in [0.15, 0.2) is 8.32 Å². The van der Waals surface area contributed by atoms with Gasteiger partial charge >= 0.3 is 0 Å². The summed E-state index contributed by atoms with van der Waals surface area (Å²) in [6, 6.07) is 0. The zero-order valence-electron chi connectivity index (χ0n) is 12.8. The molecule has 0 rings (SSSR count). The Morgan fingerprint density at radius 3 is 1.82 bits per heavy atom. The van der Waals surface area contributed by atoms with E-state index in [9.17, 15) is 0 Å². The van der Waals surface area contributed by atoms with Crippen LogP contribution in [0.15, 0.2) is 0 Å². The molecule has 0 aromatic rings. The Morgan fingerprint density at radius 1 is 0.765 bits per heavy atom. The summed E-state index contributed by atoms with van der Waals surface area (Å²) in [5, 5.41) is 0. The fraction of sp³-hybridized carbons (Fsp3) is 1.00. The van der Waals surface area contributed by atoms with Gasteiger partial charge in [0.05, 0.1) is 0 Å². The van der Waals surface area contributed by atoms with Crippen LogP contribution in [0.3, 0.4) is 0 Å². The van der Waals surface area contributed by atoms with E-state index in [4.69, 9.17) is 4.43 Å². The highest BCUT2D eigenvalue weighted by Gasteiger charge is 2.20. The lowest BCUT2D eigenvalue weighted by molar-refractivity contribution is 0.166. The van der Waals surface area contributed by atoms with Crippen LogP contribution in [0.1, 0.15) is 71.6 Å². The van der Waals surface area contributed by atoms with Crippen molar-refractivity contribution in [2.45, 2.75) is 97.4 Å². The highest BCUT2D eigenvalue weighted by molar-refractivity contribution is 6.69. The molecule has 0 saturated carbocycles. The van der Waals surface area contributed by atoms with E-state index in [2.05, 4.69) is 33.5 Å². The van der Waals surface area contributed by atoms with Crippen LogP contribution in [0.25, 0.3) is 0 Å². The molecule has 0 amide bonds. The predicted octanol–water partition coefficient (Wildman–Crippen LogP) is 5.76. The second kappa shape index (κ2) is 10.1. The largest absolute Gasteiger partial charge is 0.415 e. The van der Waals surface area contributed by atoms with Crippen molar-refractivity contribution in [1.29, 1.82) is 0 Å². The molecule has 0 aromatic carbocycles. The zero-order chi connectivity index (χ0) is 13.1. The van der Waals surface area contributed by atoms with Gasteiger partial charge in [-0.15, -0.1) is 0 Å². The quantitative estimate of drug-likeness (QED) is 0.338. The maximum Gasteiger partial charge on any atom is 0.184 e. The summed E-state index contributed by atoms with van der Waals surface area (Å²) in [5.74, 6) is 0. The van der Waals surface area contributed by atoms with Crippen molar-refractivity contribution in [1.82, 2.24) is 0 Å². The van der Waals surface area contributed by atoms with Gasteiger partial charge in [0.25, 0.3) is 0 Å².